The molecule has 0 radical (unpaired) electrons. The lowest BCUT2D eigenvalue weighted by Gasteiger charge is -2.47. The van der Waals surface area contributed by atoms with Gasteiger partial charge < -0.3 is 19.2 Å². The topological polar surface area (TPSA) is 60.4 Å². The van der Waals surface area contributed by atoms with Gasteiger partial charge in [0.25, 0.3) is 5.90 Å². The first-order valence-electron chi connectivity index (χ1n) is 10.2. The molecule has 3 aliphatic heterocycles. The van der Waals surface area contributed by atoms with Gasteiger partial charge in [-0.2, -0.15) is 13.2 Å². The zero-order valence-electron chi connectivity index (χ0n) is 17.5. The molecule has 1 amide bonds. The molecule has 1 spiro atoms. The fourth-order valence-electron chi connectivity index (χ4n) is 4.34. The molecule has 2 aromatic rings. The summed E-state index contributed by atoms with van der Waals surface area (Å²) in [5.41, 5.74) is 0.832. The van der Waals surface area contributed by atoms with Gasteiger partial charge in [-0.3, -0.25) is 4.79 Å². The van der Waals surface area contributed by atoms with E-state index in [4.69, 9.17) is 49.1 Å². The number of nitrogens with zero attached hydrogens (tertiary/aromatic N) is 2. The number of carbonyl (C=O) groups is 1. The maximum atomic E-state index is 14.2. The van der Waals surface area contributed by atoms with Gasteiger partial charge >= 0.3 is 12.0 Å². The minimum absolute atomic E-state index is 0.0380. The molecule has 0 aliphatic carbocycles. The predicted octanol–water partition coefficient (Wildman–Crippen LogP) is 5.75. The normalized spacial score (nSPS) is 22.7. The molecule has 2 aromatic carbocycles. The molecule has 12 heteroatoms. The molecule has 5 rings (SSSR count). The first-order valence-corrected chi connectivity index (χ1v) is 11.4. The number of hydrogen-bond acceptors (Lipinski definition) is 5. The number of alkyl halides is 3. The molecule has 0 aromatic heterocycles. The summed E-state index contributed by atoms with van der Waals surface area (Å²) in [6.07, 6.45) is -4.62. The molecule has 1 atom stereocenters. The minimum Gasteiger partial charge on any atom is -0.419 e. The molecule has 6 nitrogen and oxygen atoms in total. The quantitative estimate of drug-likeness (QED) is 0.470. The van der Waals surface area contributed by atoms with Gasteiger partial charge in [0.2, 0.25) is 5.91 Å². The highest BCUT2D eigenvalue weighted by atomic mass is 35.5. The molecule has 34 heavy (non-hydrogen) atoms. The Morgan fingerprint density at radius 1 is 1.15 bits per heavy atom. The van der Waals surface area contributed by atoms with Gasteiger partial charge in [0.1, 0.15) is 5.60 Å². The van der Waals surface area contributed by atoms with Crippen LogP contribution in [0.15, 0.2) is 35.5 Å². The third kappa shape index (κ3) is 3.44. The van der Waals surface area contributed by atoms with E-state index in [1.165, 1.54) is 0 Å². The Labute approximate surface area is 207 Å². The molecule has 3 aliphatic rings. The molecule has 1 saturated heterocycles. The molecular formula is C22H16Cl3F3N2O4. The second-order valence-electron chi connectivity index (χ2n) is 8.22. The number of amides is 1. The second-order valence-corrected chi connectivity index (χ2v) is 9.41. The van der Waals surface area contributed by atoms with Crippen molar-refractivity contribution < 1.29 is 32.3 Å². The summed E-state index contributed by atoms with van der Waals surface area (Å²) in [4.78, 5) is 18.5. The zero-order valence-corrected chi connectivity index (χ0v) is 19.8. The van der Waals surface area contributed by atoms with Crippen LogP contribution in [-0.4, -0.2) is 36.0 Å². The second kappa shape index (κ2) is 7.91. The monoisotopic (exact) mass is 534 g/mol. The lowest BCUT2D eigenvalue weighted by atomic mass is 9.84. The number of likely N-dealkylation sites (tertiary alicyclic amines) is 1. The van der Waals surface area contributed by atoms with Gasteiger partial charge in [0.15, 0.2) is 0 Å². The van der Waals surface area contributed by atoms with Gasteiger partial charge in [-0.25, -0.2) is 0 Å². The van der Waals surface area contributed by atoms with Crippen molar-refractivity contribution in [2.45, 2.75) is 37.5 Å². The van der Waals surface area contributed by atoms with Crippen LogP contribution in [0.5, 0.6) is 0 Å². The van der Waals surface area contributed by atoms with Crippen LogP contribution in [0, 0.1) is 0 Å². The molecule has 180 valence electrons. The van der Waals surface area contributed by atoms with E-state index < -0.39 is 23.1 Å². The van der Waals surface area contributed by atoms with Crippen LogP contribution in [0.4, 0.5) is 13.2 Å². The van der Waals surface area contributed by atoms with E-state index in [1.807, 2.05) is 0 Å². The standard InChI is InChI=1S/C22H16Cl3F3N2O4/c1-2-17(31)30-9-20(10-30)14-4-3-11(5-12(14)8-32-20)19-29-34-21(33-19,22(26,27)28)13-6-15(23)18(25)16(24)7-13/h3-7H,2,8-10H2,1H3. The maximum Gasteiger partial charge on any atom is 0.475 e. The van der Waals surface area contributed by atoms with Crippen LogP contribution in [0.1, 0.15) is 35.6 Å². The van der Waals surface area contributed by atoms with E-state index in [0.29, 0.717) is 19.5 Å². The molecule has 1 fully saturated rings. The number of fused-ring (bicyclic) bond motifs is 2. The molecular weight excluding hydrogens is 520 g/mol. The number of halogens is 6. The van der Waals surface area contributed by atoms with E-state index in [9.17, 15) is 18.0 Å². The SMILES string of the molecule is CCC(=O)N1CC2(C1)OCc1cc(C3=NOC(c4cc(Cl)c(Cl)c(Cl)c4)(C(F)(F)F)O3)ccc12. The summed E-state index contributed by atoms with van der Waals surface area (Å²) in [5.74, 6) is -3.57. The van der Waals surface area contributed by atoms with Gasteiger partial charge in [-0.05, 0) is 40.5 Å². The Morgan fingerprint density at radius 2 is 1.82 bits per heavy atom. The van der Waals surface area contributed by atoms with Crippen molar-refractivity contribution in [1.82, 2.24) is 4.90 Å². The van der Waals surface area contributed by atoms with Gasteiger partial charge in [-0.15, -0.1) is 0 Å². The number of benzene rings is 2. The predicted molar refractivity (Wildman–Crippen MR) is 118 cm³/mol. The number of ether oxygens (including phenoxy) is 2. The van der Waals surface area contributed by atoms with Crippen LogP contribution in [-0.2, 0) is 37.1 Å². The van der Waals surface area contributed by atoms with Crippen LogP contribution >= 0.6 is 34.8 Å². The Balaban J connectivity index is 1.43. The lowest BCUT2D eigenvalue weighted by Crippen LogP contribution is -2.61. The molecule has 1 unspecified atom stereocenters. The molecule has 0 saturated carbocycles. The van der Waals surface area contributed by atoms with Crippen molar-refractivity contribution >= 4 is 46.6 Å². The van der Waals surface area contributed by atoms with Crippen LogP contribution in [0.3, 0.4) is 0 Å². The molecule has 0 N–H and O–H groups in total. The van der Waals surface area contributed by atoms with Crippen molar-refractivity contribution in [3.05, 3.63) is 67.7 Å². The smallest absolute Gasteiger partial charge is 0.419 e. The summed E-state index contributed by atoms with van der Waals surface area (Å²) >= 11 is 17.8. The number of carbonyl (C=O) groups excluding carboxylic acids is 1. The highest BCUT2D eigenvalue weighted by Gasteiger charge is 2.66. The first-order chi connectivity index (χ1) is 16.0. The summed E-state index contributed by atoms with van der Waals surface area (Å²) < 4.78 is 53.8. The Hall–Kier alpha value is -2.20. The number of rotatable bonds is 3. The lowest BCUT2D eigenvalue weighted by molar-refractivity contribution is -0.352. The van der Waals surface area contributed by atoms with Crippen molar-refractivity contribution in [3.63, 3.8) is 0 Å². The van der Waals surface area contributed by atoms with Gasteiger partial charge in [0.05, 0.1) is 40.3 Å². The van der Waals surface area contributed by atoms with Crippen LogP contribution in [0.2, 0.25) is 15.1 Å². The van der Waals surface area contributed by atoms with Crippen molar-refractivity contribution in [3.8, 4) is 0 Å². The third-order valence-corrected chi connectivity index (χ3v) is 7.33. The molecule has 3 heterocycles. The maximum absolute atomic E-state index is 14.2. The van der Waals surface area contributed by atoms with Gasteiger partial charge in [0, 0.05) is 12.0 Å². The fourth-order valence-corrected chi connectivity index (χ4v) is 4.93. The van der Waals surface area contributed by atoms with Gasteiger partial charge in [-0.1, -0.05) is 47.8 Å². The van der Waals surface area contributed by atoms with E-state index in [0.717, 1.165) is 23.3 Å². The Bertz CT molecular complexity index is 1210. The average molecular weight is 536 g/mol. The fraction of sp³-hybridized carbons (Fsp3) is 0.364. The van der Waals surface area contributed by atoms with E-state index in [2.05, 4.69) is 5.16 Å². The van der Waals surface area contributed by atoms with Crippen molar-refractivity contribution in [2.24, 2.45) is 5.16 Å². The van der Waals surface area contributed by atoms with E-state index in [-0.39, 0.29) is 39.0 Å². The largest absolute Gasteiger partial charge is 0.475 e. The Morgan fingerprint density at radius 3 is 2.44 bits per heavy atom. The summed E-state index contributed by atoms with van der Waals surface area (Å²) in [6, 6.07) is 6.92. The summed E-state index contributed by atoms with van der Waals surface area (Å²) in [7, 11) is 0. The average Bonchev–Trinajstić information content (AvgIpc) is 3.38. The minimum atomic E-state index is -5.02. The zero-order chi connectivity index (χ0) is 24.5. The van der Waals surface area contributed by atoms with Crippen LogP contribution in [0.25, 0.3) is 0 Å². The molecule has 0 bridgehead atoms. The first kappa shape index (κ1) is 23.5. The summed E-state index contributed by atoms with van der Waals surface area (Å²) in [6.45, 7) is 2.91. The van der Waals surface area contributed by atoms with E-state index in [1.54, 1.807) is 30.0 Å². The van der Waals surface area contributed by atoms with Crippen molar-refractivity contribution in [2.75, 3.05) is 13.1 Å². The highest BCUT2D eigenvalue weighted by molar-refractivity contribution is 6.48. The van der Waals surface area contributed by atoms with Crippen LogP contribution < -0.4 is 0 Å². The third-order valence-electron chi connectivity index (χ3n) is 6.13. The van der Waals surface area contributed by atoms with E-state index >= 15 is 0 Å². The summed E-state index contributed by atoms with van der Waals surface area (Å²) in [5, 5.41) is 3.12. The number of oxime groups is 1. The van der Waals surface area contributed by atoms with Crippen molar-refractivity contribution in [1.29, 1.82) is 0 Å². The highest BCUT2D eigenvalue weighted by Crippen LogP contribution is 2.50. The number of hydrogen-bond donors (Lipinski definition) is 0. The Kier molecular flexibility index (Phi) is 5.48.